The highest BCUT2D eigenvalue weighted by Gasteiger charge is 2.22. The summed E-state index contributed by atoms with van der Waals surface area (Å²) in [7, 11) is 0. The third-order valence-corrected chi connectivity index (χ3v) is 3.70. The van der Waals surface area contributed by atoms with E-state index in [-0.39, 0.29) is 5.92 Å². The van der Waals surface area contributed by atoms with E-state index in [1.54, 1.807) is 0 Å². The minimum absolute atomic E-state index is 0.156. The van der Waals surface area contributed by atoms with E-state index >= 15 is 0 Å². The Morgan fingerprint density at radius 3 is 2.50 bits per heavy atom. The van der Waals surface area contributed by atoms with Crippen LogP contribution in [0.4, 0.5) is 0 Å². The van der Waals surface area contributed by atoms with Crippen LogP contribution in [0.5, 0.6) is 5.75 Å². The van der Waals surface area contributed by atoms with Gasteiger partial charge in [-0.25, -0.2) is 0 Å². The van der Waals surface area contributed by atoms with Gasteiger partial charge in [-0.1, -0.05) is 30.7 Å². The highest BCUT2D eigenvalue weighted by atomic mass is 16.5. The van der Waals surface area contributed by atoms with Crippen molar-refractivity contribution in [2.45, 2.75) is 39.0 Å². The van der Waals surface area contributed by atoms with Gasteiger partial charge in [-0.15, -0.1) is 0 Å². The lowest BCUT2D eigenvalue weighted by atomic mass is 9.85. The second-order valence-corrected chi connectivity index (χ2v) is 5.33. The fourth-order valence-electron chi connectivity index (χ4n) is 2.50. The number of carboxylic acids is 1. The normalized spacial score (nSPS) is 18.6. The summed E-state index contributed by atoms with van der Waals surface area (Å²) in [5.41, 5.74) is 2.52. The molecule has 0 amide bonds. The predicted octanol–water partition coefficient (Wildman–Crippen LogP) is 4.13. The standard InChI is InChI=1S/C17H22O3/c1-2-11-20-16-9-5-14(6-10-16)12-13-3-7-15(8-4-13)17(18)19/h5-6,9-10,12,15H,2-4,7-8,11H2,1H3,(H,18,19). The zero-order valence-corrected chi connectivity index (χ0v) is 12.0. The first-order valence-electron chi connectivity index (χ1n) is 7.34. The van der Waals surface area contributed by atoms with Gasteiger partial charge in [-0.05, 0) is 49.8 Å². The number of aliphatic carboxylic acids is 1. The van der Waals surface area contributed by atoms with Crippen molar-refractivity contribution >= 4 is 12.0 Å². The van der Waals surface area contributed by atoms with Crippen LogP contribution in [-0.4, -0.2) is 17.7 Å². The summed E-state index contributed by atoms with van der Waals surface area (Å²) in [4.78, 5) is 10.9. The molecule has 0 atom stereocenters. The molecule has 1 N–H and O–H groups in total. The van der Waals surface area contributed by atoms with Crippen LogP contribution in [0.2, 0.25) is 0 Å². The third kappa shape index (κ3) is 4.12. The number of rotatable bonds is 5. The average molecular weight is 274 g/mol. The zero-order chi connectivity index (χ0) is 14.4. The van der Waals surface area contributed by atoms with Crippen molar-refractivity contribution in [2.75, 3.05) is 6.61 Å². The van der Waals surface area contributed by atoms with E-state index < -0.39 is 5.97 Å². The summed E-state index contributed by atoms with van der Waals surface area (Å²) in [6, 6.07) is 8.10. The first kappa shape index (κ1) is 14.6. The fraction of sp³-hybridized carbons (Fsp3) is 0.471. The number of carboxylic acid groups (broad SMARTS) is 1. The van der Waals surface area contributed by atoms with Crippen LogP contribution in [0, 0.1) is 5.92 Å². The lowest BCUT2D eigenvalue weighted by molar-refractivity contribution is -0.142. The minimum Gasteiger partial charge on any atom is -0.494 e. The molecule has 1 aliphatic carbocycles. The van der Waals surface area contributed by atoms with Crippen LogP contribution in [0.25, 0.3) is 6.08 Å². The fourth-order valence-corrected chi connectivity index (χ4v) is 2.50. The molecule has 0 unspecified atom stereocenters. The lowest BCUT2D eigenvalue weighted by Crippen LogP contribution is -2.17. The molecule has 0 spiro atoms. The molecular formula is C17H22O3. The van der Waals surface area contributed by atoms with Gasteiger partial charge >= 0.3 is 5.97 Å². The van der Waals surface area contributed by atoms with Crippen molar-refractivity contribution in [3.63, 3.8) is 0 Å². The molecule has 108 valence electrons. The number of carbonyl (C=O) groups is 1. The Kier molecular flexibility index (Phi) is 5.22. The van der Waals surface area contributed by atoms with Crippen molar-refractivity contribution in [3.8, 4) is 5.75 Å². The summed E-state index contributed by atoms with van der Waals surface area (Å²) in [5.74, 6) is 0.0991. The maximum absolute atomic E-state index is 10.9. The Morgan fingerprint density at radius 2 is 1.95 bits per heavy atom. The van der Waals surface area contributed by atoms with Crippen LogP contribution < -0.4 is 4.74 Å². The van der Waals surface area contributed by atoms with Crippen LogP contribution >= 0.6 is 0 Å². The molecule has 2 rings (SSSR count). The molecular weight excluding hydrogens is 252 g/mol. The topological polar surface area (TPSA) is 46.5 Å². The van der Waals surface area contributed by atoms with E-state index in [4.69, 9.17) is 9.84 Å². The molecule has 0 radical (unpaired) electrons. The lowest BCUT2D eigenvalue weighted by Gasteiger charge is -2.20. The molecule has 0 heterocycles. The Morgan fingerprint density at radius 1 is 1.30 bits per heavy atom. The van der Waals surface area contributed by atoms with Crippen LogP contribution in [0.1, 0.15) is 44.6 Å². The number of benzene rings is 1. The molecule has 3 heteroatoms. The summed E-state index contributed by atoms with van der Waals surface area (Å²) in [6.07, 6.45) is 6.51. The molecule has 0 aliphatic heterocycles. The number of hydrogen-bond donors (Lipinski definition) is 1. The van der Waals surface area contributed by atoms with Crippen LogP contribution in [-0.2, 0) is 4.79 Å². The van der Waals surface area contributed by atoms with Crippen molar-refractivity contribution < 1.29 is 14.6 Å². The van der Waals surface area contributed by atoms with Gasteiger partial charge in [0.2, 0.25) is 0 Å². The Balaban J connectivity index is 1.92. The van der Waals surface area contributed by atoms with E-state index in [1.807, 2.05) is 12.1 Å². The number of allylic oxidation sites excluding steroid dienone is 1. The quantitative estimate of drug-likeness (QED) is 0.878. The van der Waals surface area contributed by atoms with E-state index in [9.17, 15) is 4.79 Å². The zero-order valence-electron chi connectivity index (χ0n) is 12.0. The first-order valence-corrected chi connectivity index (χ1v) is 7.34. The van der Waals surface area contributed by atoms with Gasteiger partial charge in [-0.2, -0.15) is 0 Å². The van der Waals surface area contributed by atoms with Crippen LogP contribution in [0.15, 0.2) is 29.8 Å². The SMILES string of the molecule is CCCOc1ccc(C=C2CCC(C(=O)O)CC2)cc1. The largest absolute Gasteiger partial charge is 0.494 e. The van der Waals surface area contributed by atoms with E-state index in [0.29, 0.717) is 0 Å². The van der Waals surface area contributed by atoms with E-state index in [0.717, 1.165) is 50.0 Å². The van der Waals surface area contributed by atoms with Crippen molar-refractivity contribution in [2.24, 2.45) is 5.92 Å². The average Bonchev–Trinajstić information content (AvgIpc) is 2.47. The van der Waals surface area contributed by atoms with Crippen LogP contribution in [0.3, 0.4) is 0 Å². The maximum atomic E-state index is 10.9. The van der Waals surface area contributed by atoms with Gasteiger partial charge in [-0.3, -0.25) is 4.79 Å². The van der Waals surface area contributed by atoms with Crippen molar-refractivity contribution in [1.82, 2.24) is 0 Å². The van der Waals surface area contributed by atoms with E-state index in [2.05, 4.69) is 25.1 Å². The van der Waals surface area contributed by atoms with Gasteiger partial charge in [0.25, 0.3) is 0 Å². The third-order valence-electron chi connectivity index (χ3n) is 3.70. The molecule has 1 aliphatic rings. The van der Waals surface area contributed by atoms with Gasteiger partial charge in [0.15, 0.2) is 0 Å². The summed E-state index contributed by atoms with van der Waals surface area (Å²) >= 11 is 0. The predicted molar refractivity (Wildman–Crippen MR) is 79.8 cm³/mol. The second-order valence-electron chi connectivity index (χ2n) is 5.33. The van der Waals surface area contributed by atoms with E-state index in [1.165, 1.54) is 5.57 Å². The molecule has 1 saturated carbocycles. The summed E-state index contributed by atoms with van der Waals surface area (Å²) in [6.45, 7) is 2.84. The first-order chi connectivity index (χ1) is 9.69. The molecule has 20 heavy (non-hydrogen) atoms. The molecule has 1 aromatic carbocycles. The van der Waals surface area contributed by atoms with Crippen molar-refractivity contribution in [3.05, 3.63) is 35.4 Å². The van der Waals surface area contributed by atoms with Gasteiger partial charge in [0.05, 0.1) is 12.5 Å². The minimum atomic E-state index is -0.651. The molecule has 1 aromatic rings. The highest BCUT2D eigenvalue weighted by molar-refractivity contribution is 5.70. The summed E-state index contributed by atoms with van der Waals surface area (Å²) in [5, 5.41) is 8.98. The molecule has 3 nitrogen and oxygen atoms in total. The Hall–Kier alpha value is -1.77. The molecule has 0 saturated heterocycles. The molecule has 0 aromatic heterocycles. The second kappa shape index (κ2) is 7.13. The number of ether oxygens (including phenoxy) is 1. The Bertz CT molecular complexity index is 464. The summed E-state index contributed by atoms with van der Waals surface area (Å²) < 4.78 is 5.55. The monoisotopic (exact) mass is 274 g/mol. The Labute approximate surface area is 120 Å². The van der Waals surface area contributed by atoms with Gasteiger partial charge in [0, 0.05) is 0 Å². The molecule has 1 fully saturated rings. The van der Waals surface area contributed by atoms with Crippen molar-refractivity contribution in [1.29, 1.82) is 0 Å². The smallest absolute Gasteiger partial charge is 0.306 e. The highest BCUT2D eigenvalue weighted by Crippen LogP contribution is 2.30. The van der Waals surface area contributed by atoms with Gasteiger partial charge in [0.1, 0.15) is 5.75 Å². The maximum Gasteiger partial charge on any atom is 0.306 e. The van der Waals surface area contributed by atoms with Gasteiger partial charge < -0.3 is 9.84 Å². The molecule has 0 bridgehead atoms. The number of hydrogen-bond acceptors (Lipinski definition) is 2.